The first-order chi connectivity index (χ1) is 20.9. The molecule has 0 radical (unpaired) electrons. The van der Waals surface area contributed by atoms with E-state index in [1.165, 1.54) is 29.4 Å². The first-order valence-electron chi connectivity index (χ1n) is 13.7. The average molecular weight is 589 g/mol. The monoisotopic (exact) mass is 588 g/mol. The van der Waals surface area contributed by atoms with Crippen LogP contribution in [0.25, 0.3) is 16.3 Å². The van der Waals surface area contributed by atoms with Gasteiger partial charge in [0.25, 0.3) is 5.91 Å². The number of rotatable bonds is 9. The highest BCUT2D eigenvalue weighted by Gasteiger charge is 2.45. The number of carbonyl (C=O) groups excluding carboxylic acids is 2. The van der Waals surface area contributed by atoms with E-state index in [9.17, 15) is 14.7 Å². The Kier molecular flexibility index (Phi) is 7.77. The second-order valence-corrected chi connectivity index (χ2v) is 11.1. The van der Waals surface area contributed by atoms with Crippen molar-refractivity contribution in [2.24, 2.45) is 0 Å². The van der Waals surface area contributed by atoms with Crippen LogP contribution in [-0.2, 0) is 16.2 Å². The quantitative estimate of drug-likeness (QED) is 0.181. The molecule has 43 heavy (non-hydrogen) atoms. The minimum absolute atomic E-state index is 0.0346. The number of amides is 1. The van der Waals surface area contributed by atoms with E-state index in [2.05, 4.69) is 0 Å². The van der Waals surface area contributed by atoms with Crippen molar-refractivity contribution in [3.05, 3.63) is 137 Å². The highest BCUT2D eigenvalue weighted by Crippen LogP contribution is 2.45. The van der Waals surface area contributed by atoms with Crippen LogP contribution in [0.5, 0.6) is 11.5 Å². The van der Waals surface area contributed by atoms with Crippen LogP contribution in [0.1, 0.15) is 28.3 Å². The molecule has 1 amide bonds. The summed E-state index contributed by atoms with van der Waals surface area (Å²) in [5.74, 6) is -0.847. The minimum Gasteiger partial charge on any atom is -0.503 e. The largest absolute Gasteiger partial charge is 0.503 e. The zero-order valence-electron chi connectivity index (χ0n) is 23.6. The molecule has 0 bridgehead atoms. The number of thiazole rings is 1. The lowest BCUT2D eigenvalue weighted by Crippen LogP contribution is -2.30. The standard InChI is InChI=1S/C35H28N2O5S/c1-22-13-16-26-30(19-22)43-35(36-26)37-32(31(33(39)34(37)40)27(38)17-14-23-9-5-3-6-10-23)25-15-18-28(29(20-25)41-2)42-21-24-11-7-4-8-12-24/h3-20,32,39H,21H2,1-2H3. The van der Waals surface area contributed by atoms with Crippen molar-refractivity contribution < 1.29 is 24.2 Å². The maximum Gasteiger partial charge on any atom is 0.296 e. The number of aliphatic hydroxyl groups is 1. The fourth-order valence-electron chi connectivity index (χ4n) is 5.03. The van der Waals surface area contributed by atoms with Crippen molar-refractivity contribution in [3.63, 3.8) is 0 Å². The summed E-state index contributed by atoms with van der Waals surface area (Å²) >= 11 is 1.33. The Hall–Kier alpha value is -5.21. The maximum atomic E-state index is 13.7. The number of ether oxygens (including phenoxy) is 2. The van der Waals surface area contributed by atoms with Crippen molar-refractivity contribution in [2.45, 2.75) is 19.6 Å². The Morgan fingerprint density at radius 2 is 1.72 bits per heavy atom. The zero-order chi connectivity index (χ0) is 29.9. The second-order valence-electron chi connectivity index (χ2n) is 10.1. The number of fused-ring (bicyclic) bond motifs is 1. The number of nitrogens with zero attached hydrogens (tertiary/aromatic N) is 2. The van der Waals surface area contributed by atoms with Crippen molar-refractivity contribution in [2.75, 3.05) is 12.0 Å². The fourth-order valence-corrected chi connectivity index (χ4v) is 6.12. The van der Waals surface area contributed by atoms with Gasteiger partial charge in [0, 0.05) is 0 Å². The fraction of sp³-hybridized carbons (Fsp3) is 0.114. The number of aromatic nitrogens is 1. The Labute approximate surface area is 253 Å². The third-order valence-corrected chi connectivity index (χ3v) is 8.20. The van der Waals surface area contributed by atoms with Crippen LogP contribution in [0.3, 0.4) is 0 Å². The molecule has 1 aliphatic heterocycles. The van der Waals surface area contributed by atoms with Gasteiger partial charge in [-0.3, -0.25) is 14.5 Å². The third kappa shape index (κ3) is 5.65. The van der Waals surface area contributed by atoms with Gasteiger partial charge in [-0.1, -0.05) is 90.2 Å². The molecule has 0 saturated carbocycles. The molecule has 214 valence electrons. The molecule has 4 aromatic carbocycles. The van der Waals surface area contributed by atoms with E-state index in [-0.39, 0.29) is 5.57 Å². The third-order valence-electron chi connectivity index (χ3n) is 7.18. The highest BCUT2D eigenvalue weighted by molar-refractivity contribution is 7.22. The molecule has 8 heteroatoms. The molecule has 7 nitrogen and oxygen atoms in total. The Morgan fingerprint density at radius 3 is 2.47 bits per heavy atom. The molecule has 0 fully saturated rings. The van der Waals surface area contributed by atoms with E-state index in [1.54, 1.807) is 24.3 Å². The first-order valence-corrected chi connectivity index (χ1v) is 14.5. The van der Waals surface area contributed by atoms with E-state index in [0.29, 0.717) is 28.8 Å². The summed E-state index contributed by atoms with van der Waals surface area (Å²) in [6.07, 6.45) is 3.04. The number of benzene rings is 4. The number of aliphatic hydroxyl groups excluding tert-OH is 1. The SMILES string of the molecule is COc1cc(C2C(C(=O)C=Cc3ccccc3)=C(O)C(=O)N2c2nc3ccc(C)cc3s2)ccc1OCc1ccccc1. The maximum absolute atomic E-state index is 13.7. The van der Waals surface area contributed by atoms with Crippen molar-refractivity contribution in [1.29, 1.82) is 0 Å². The number of hydrogen-bond donors (Lipinski definition) is 1. The number of allylic oxidation sites excluding steroid dienone is 1. The van der Waals surface area contributed by atoms with E-state index < -0.39 is 23.5 Å². The lowest BCUT2D eigenvalue weighted by atomic mass is 9.95. The summed E-state index contributed by atoms with van der Waals surface area (Å²) in [4.78, 5) is 33.4. The van der Waals surface area contributed by atoms with Crippen LogP contribution in [-0.4, -0.2) is 28.9 Å². The van der Waals surface area contributed by atoms with Crippen LogP contribution in [0.15, 0.2) is 114 Å². The van der Waals surface area contributed by atoms with Crippen molar-refractivity contribution >= 4 is 44.5 Å². The summed E-state index contributed by atoms with van der Waals surface area (Å²) in [6, 6.07) is 29.3. The van der Waals surface area contributed by atoms with Crippen molar-refractivity contribution in [3.8, 4) is 11.5 Å². The van der Waals surface area contributed by atoms with Gasteiger partial charge >= 0.3 is 0 Å². The van der Waals surface area contributed by atoms with E-state index in [0.717, 1.165) is 26.9 Å². The van der Waals surface area contributed by atoms with Crippen LogP contribution < -0.4 is 14.4 Å². The van der Waals surface area contributed by atoms with Crippen LogP contribution in [0.4, 0.5) is 5.13 Å². The van der Waals surface area contributed by atoms with Gasteiger partial charge in [0.15, 0.2) is 28.2 Å². The summed E-state index contributed by atoms with van der Waals surface area (Å²) in [5, 5.41) is 11.5. The first kappa shape index (κ1) is 27.9. The van der Waals surface area contributed by atoms with Gasteiger partial charge in [-0.15, -0.1) is 0 Å². The molecule has 0 saturated heterocycles. The lowest BCUT2D eigenvalue weighted by Gasteiger charge is -2.25. The number of aryl methyl sites for hydroxylation is 1. The minimum atomic E-state index is -0.945. The number of anilines is 1. The molecule has 1 N–H and O–H groups in total. The van der Waals surface area contributed by atoms with Crippen LogP contribution >= 0.6 is 11.3 Å². The number of methoxy groups -OCH3 is 1. The summed E-state index contributed by atoms with van der Waals surface area (Å²) in [7, 11) is 1.53. The molecular weight excluding hydrogens is 560 g/mol. The van der Waals surface area contributed by atoms with Gasteiger partial charge in [-0.05, 0) is 59.5 Å². The van der Waals surface area contributed by atoms with E-state index in [1.807, 2.05) is 85.8 Å². The van der Waals surface area contributed by atoms with Gasteiger partial charge in [0.2, 0.25) is 0 Å². The van der Waals surface area contributed by atoms with Crippen LogP contribution in [0, 0.1) is 6.92 Å². The topological polar surface area (TPSA) is 89.0 Å². The molecule has 2 heterocycles. The molecular formula is C35H28N2O5S. The lowest BCUT2D eigenvalue weighted by molar-refractivity contribution is -0.117. The second kappa shape index (κ2) is 12.0. The molecule has 0 spiro atoms. The molecule has 1 aliphatic rings. The molecule has 1 atom stereocenters. The van der Waals surface area contributed by atoms with Gasteiger partial charge in [0.1, 0.15) is 6.61 Å². The summed E-state index contributed by atoms with van der Waals surface area (Å²) in [6.45, 7) is 2.32. The predicted molar refractivity (Wildman–Crippen MR) is 168 cm³/mol. The summed E-state index contributed by atoms with van der Waals surface area (Å²) < 4.78 is 12.6. The molecule has 5 aromatic rings. The smallest absolute Gasteiger partial charge is 0.296 e. The summed E-state index contributed by atoms with van der Waals surface area (Å²) in [5.41, 5.74) is 4.13. The predicted octanol–water partition coefficient (Wildman–Crippen LogP) is 7.37. The molecule has 1 aromatic heterocycles. The number of ketones is 1. The normalized spacial score (nSPS) is 15.1. The van der Waals surface area contributed by atoms with Gasteiger partial charge < -0.3 is 14.6 Å². The van der Waals surface area contributed by atoms with Gasteiger partial charge in [-0.25, -0.2) is 4.98 Å². The Balaban J connectivity index is 1.41. The van der Waals surface area contributed by atoms with Gasteiger partial charge in [-0.2, -0.15) is 0 Å². The van der Waals surface area contributed by atoms with Gasteiger partial charge in [0.05, 0.1) is 28.9 Å². The number of hydrogen-bond acceptors (Lipinski definition) is 7. The average Bonchev–Trinajstić information content (AvgIpc) is 3.57. The van der Waals surface area contributed by atoms with Crippen molar-refractivity contribution in [1.82, 2.24) is 4.98 Å². The van der Waals surface area contributed by atoms with E-state index in [4.69, 9.17) is 14.5 Å². The molecule has 1 unspecified atom stereocenters. The van der Waals surface area contributed by atoms with Crippen LogP contribution in [0.2, 0.25) is 0 Å². The molecule has 0 aliphatic carbocycles. The number of carbonyl (C=O) groups is 2. The zero-order valence-corrected chi connectivity index (χ0v) is 24.4. The highest BCUT2D eigenvalue weighted by atomic mass is 32.1. The Morgan fingerprint density at radius 1 is 0.977 bits per heavy atom. The Bertz CT molecular complexity index is 1880. The molecule has 6 rings (SSSR count). The van der Waals surface area contributed by atoms with E-state index >= 15 is 0 Å².